The summed E-state index contributed by atoms with van der Waals surface area (Å²) in [5.41, 5.74) is 8.33. The van der Waals surface area contributed by atoms with Gasteiger partial charge in [0.2, 0.25) is 5.95 Å². The van der Waals surface area contributed by atoms with Gasteiger partial charge in [-0.05, 0) is 44.4 Å². The van der Waals surface area contributed by atoms with E-state index < -0.39 is 5.91 Å². The Labute approximate surface area is 228 Å². The number of nitrogens with zero attached hydrogens (tertiary/aromatic N) is 4. The highest BCUT2D eigenvalue weighted by Crippen LogP contribution is 2.33. The summed E-state index contributed by atoms with van der Waals surface area (Å²) in [6.45, 7) is 8.21. The number of benzene rings is 1. The zero-order valence-electron chi connectivity index (χ0n) is 23.1. The number of piperidine rings is 1. The molecule has 0 aliphatic carbocycles. The van der Waals surface area contributed by atoms with Crippen LogP contribution >= 0.6 is 0 Å². The van der Waals surface area contributed by atoms with Gasteiger partial charge in [0, 0.05) is 50.2 Å². The third-order valence-electron chi connectivity index (χ3n) is 6.99. The molecule has 11 nitrogen and oxygen atoms in total. The molecule has 1 aliphatic rings. The lowest BCUT2D eigenvalue weighted by atomic mass is 10.00. The molecular weight excluding hydrogens is 496 g/mol. The molecule has 1 saturated heterocycles. The van der Waals surface area contributed by atoms with Crippen LogP contribution in [0.4, 0.5) is 17.3 Å². The van der Waals surface area contributed by atoms with Gasteiger partial charge in [0.25, 0.3) is 11.5 Å². The van der Waals surface area contributed by atoms with E-state index in [1.54, 1.807) is 7.05 Å². The van der Waals surface area contributed by atoms with E-state index in [1.807, 2.05) is 25.1 Å². The van der Waals surface area contributed by atoms with Crippen LogP contribution in [-0.2, 0) is 0 Å². The topological polar surface area (TPSA) is 151 Å². The highest BCUT2D eigenvalue weighted by Gasteiger charge is 2.23. The number of aromatic amines is 1. The Morgan fingerprint density at radius 1 is 1.23 bits per heavy atom. The summed E-state index contributed by atoms with van der Waals surface area (Å²) in [5, 5.41) is 6.66. The maximum absolute atomic E-state index is 13.0. The number of H-pyrrole nitrogens is 1. The molecule has 3 heterocycles. The fourth-order valence-corrected chi connectivity index (χ4v) is 4.94. The average Bonchev–Trinajstić information content (AvgIpc) is 2.94. The first-order chi connectivity index (χ1) is 18.8. The molecule has 208 valence electrons. The SMILES string of the molecule is CCCC(C)c1nc(-c2cc(NC3CCN(c4ncc(C(N)=O)cn4)CC3)ccc2OCC)[nH]c(=O)c1NC. The molecule has 1 aliphatic heterocycles. The number of carbonyl (C=O) groups is 1. The minimum atomic E-state index is -0.539. The van der Waals surface area contributed by atoms with Crippen LogP contribution in [0, 0.1) is 0 Å². The predicted molar refractivity (Wildman–Crippen MR) is 154 cm³/mol. The second kappa shape index (κ2) is 12.6. The maximum atomic E-state index is 13.0. The van der Waals surface area contributed by atoms with Gasteiger partial charge in [-0.15, -0.1) is 0 Å². The minimum absolute atomic E-state index is 0.136. The summed E-state index contributed by atoms with van der Waals surface area (Å²) in [4.78, 5) is 42.8. The quantitative estimate of drug-likeness (QED) is 0.288. The van der Waals surface area contributed by atoms with E-state index in [1.165, 1.54) is 12.4 Å². The molecule has 11 heteroatoms. The molecule has 0 bridgehead atoms. The van der Waals surface area contributed by atoms with Gasteiger partial charge >= 0.3 is 0 Å². The largest absolute Gasteiger partial charge is 0.493 e. The Morgan fingerprint density at radius 3 is 2.56 bits per heavy atom. The van der Waals surface area contributed by atoms with Gasteiger partial charge in [0.15, 0.2) is 0 Å². The van der Waals surface area contributed by atoms with Crippen LogP contribution in [0.15, 0.2) is 35.4 Å². The average molecular weight is 535 g/mol. The lowest BCUT2D eigenvalue weighted by Crippen LogP contribution is -2.40. The normalized spacial score (nSPS) is 14.6. The Kier molecular flexibility index (Phi) is 9.00. The lowest BCUT2D eigenvalue weighted by molar-refractivity contribution is 0.0999. The Balaban J connectivity index is 1.54. The maximum Gasteiger partial charge on any atom is 0.274 e. The van der Waals surface area contributed by atoms with Gasteiger partial charge in [-0.3, -0.25) is 9.59 Å². The smallest absolute Gasteiger partial charge is 0.274 e. The van der Waals surface area contributed by atoms with Gasteiger partial charge in [0.1, 0.15) is 17.3 Å². The monoisotopic (exact) mass is 534 g/mol. The standard InChI is InChI=1S/C28H38N8O3/c1-5-7-17(3)23-24(30-4)27(38)35-26(34-23)21-14-20(8-9-22(21)39-6-2)33-19-10-12-36(13-11-19)28-31-15-18(16-32-28)25(29)37/h8-9,14-17,19,30,33H,5-7,10-13H2,1-4H3,(H2,29,37)(H,34,35,38). The van der Waals surface area contributed by atoms with E-state index in [0.717, 1.165) is 55.7 Å². The van der Waals surface area contributed by atoms with Crippen LogP contribution in [0.3, 0.4) is 0 Å². The van der Waals surface area contributed by atoms with Crippen molar-refractivity contribution in [3.8, 4) is 17.1 Å². The molecule has 2 aromatic heterocycles. The van der Waals surface area contributed by atoms with Crippen LogP contribution in [-0.4, -0.2) is 58.6 Å². The number of carbonyl (C=O) groups excluding carboxylic acids is 1. The first-order valence-corrected chi connectivity index (χ1v) is 13.6. The van der Waals surface area contributed by atoms with Gasteiger partial charge in [-0.25, -0.2) is 15.0 Å². The molecule has 5 N–H and O–H groups in total. The molecular formula is C28H38N8O3. The molecule has 1 fully saturated rings. The fraction of sp³-hybridized carbons (Fsp3) is 0.464. The van der Waals surface area contributed by atoms with E-state index in [4.69, 9.17) is 15.5 Å². The van der Waals surface area contributed by atoms with Crippen molar-refractivity contribution >= 4 is 23.2 Å². The predicted octanol–water partition coefficient (Wildman–Crippen LogP) is 3.75. The van der Waals surface area contributed by atoms with E-state index in [-0.39, 0.29) is 17.5 Å². The second-order valence-corrected chi connectivity index (χ2v) is 9.80. The van der Waals surface area contributed by atoms with Crippen LogP contribution in [0.5, 0.6) is 5.75 Å². The zero-order chi connectivity index (χ0) is 27.9. The Hall–Kier alpha value is -4.15. The molecule has 4 rings (SSSR count). The first kappa shape index (κ1) is 27.9. The van der Waals surface area contributed by atoms with Crippen molar-refractivity contribution in [3.63, 3.8) is 0 Å². The number of aromatic nitrogens is 4. The number of primary amides is 1. The number of amides is 1. The van der Waals surface area contributed by atoms with Crippen molar-refractivity contribution in [1.82, 2.24) is 19.9 Å². The first-order valence-electron chi connectivity index (χ1n) is 13.6. The summed E-state index contributed by atoms with van der Waals surface area (Å²) in [5.74, 6) is 1.36. The Bertz CT molecular complexity index is 1330. The third kappa shape index (κ3) is 6.47. The van der Waals surface area contributed by atoms with Gasteiger partial charge in [0.05, 0.1) is 23.4 Å². The van der Waals surface area contributed by atoms with E-state index >= 15 is 0 Å². The summed E-state index contributed by atoms with van der Waals surface area (Å²) >= 11 is 0. The molecule has 0 spiro atoms. The summed E-state index contributed by atoms with van der Waals surface area (Å²) in [6.07, 6.45) is 6.63. The van der Waals surface area contributed by atoms with Crippen molar-refractivity contribution in [2.45, 2.75) is 58.4 Å². The highest BCUT2D eigenvalue weighted by atomic mass is 16.5. The van der Waals surface area contributed by atoms with Gasteiger partial charge in [-0.1, -0.05) is 20.3 Å². The number of nitrogens with one attached hydrogen (secondary N) is 3. The van der Waals surface area contributed by atoms with Gasteiger partial charge in [-0.2, -0.15) is 0 Å². The Morgan fingerprint density at radius 2 is 1.95 bits per heavy atom. The van der Waals surface area contributed by atoms with Crippen molar-refractivity contribution < 1.29 is 9.53 Å². The number of rotatable bonds is 11. The van der Waals surface area contributed by atoms with E-state index in [9.17, 15) is 9.59 Å². The lowest BCUT2D eigenvalue weighted by Gasteiger charge is -2.33. The van der Waals surface area contributed by atoms with Crippen molar-refractivity contribution in [2.75, 3.05) is 42.3 Å². The summed E-state index contributed by atoms with van der Waals surface area (Å²) in [6, 6.07) is 6.16. The van der Waals surface area contributed by atoms with Gasteiger partial charge < -0.3 is 31.0 Å². The summed E-state index contributed by atoms with van der Waals surface area (Å²) < 4.78 is 5.91. The van der Waals surface area contributed by atoms with E-state index in [0.29, 0.717) is 35.4 Å². The van der Waals surface area contributed by atoms with Crippen LogP contribution in [0.2, 0.25) is 0 Å². The molecule has 1 atom stereocenters. The van der Waals surface area contributed by atoms with Crippen LogP contribution in [0.1, 0.15) is 68.4 Å². The molecule has 1 unspecified atom stereocenters. The second-order valence-electron chi connectivity index (χ2n) is 9.80. The molecule has 1 aromatic carbocycles. The number of ether oxygens (including phenoxy) is 1. The molecule has 39 heavy (non-hydrogen) atoms. The fourth-order valence-electron chi connectivity index (χ4n) is 4.94. The number of anilines is 3. The number of nitrogens with two attached hydrogens (primary N) is 1. The molecule has 0 saturated carbocycles. The molecule has 3 aromatic rings. The van der Waals surface area contributed by atoms with Crippen LogP contribution in [0.25, 0.3) is 11.4 Å². The van der Waals surface area contributed by atoms with Crippen molar-refractivity contribution in [1.29, 1.82) is 0 Å². The minimum Gasteiger partial charge on any atom is -0.493 e. The summed E-state index contributed by atoms with van der Waals surface area (Å²) in [7, 11) is 1.75. The number of hydrogen-bond donors (Lipinski definition) is 4. The van der Waals surface area contributed by atoms with Crippen molar-refractivity contribution in [3.05, 3.63) is 52.2 Å². The van der Waals surface area contributed by atoms with Crippen molar-refractivity contribution in [2.24, 2.45) is 5.73 Å². The van der Waals surface area contributed by atoms with E-state index in [2.05, 4.69) is 44.3 Å². The molecule has 0 radical (unpaired) electrons. The third-order valence-corrected chi connectivity index (χ3v) is 6.99. The van der Waals surface area contributed by atoms with Crippen LogP contribution < -0.4 is 31.6 Å². The number of hydrogen-bond acceptors (Lipinski definition) is 9. The molecule has 1 amide bonds. The zero-order valence-corrected chi connectivity index (χ0v) is 23.1. The highest BCUT2D eigenvalue weighted by molar-refractivity contribution is 5.92.